The summed E-state index contributed by atoms with van der Waals surface area (Å²) < 4.78 is 42.0. The smallest absolute Gasteiger partial charge is 0.220 e. The second-order valence-electron chi connectivity index (χ2n) is 9.28. The van der Waals surface area contributed by atoms with E-state index < -0.39 is 11.6 Å². The number of aromatic nitrogens is 1. The molecule has 1 atom stereocenters. The number of aromatic amines is 1. The first-order chi connectivity index (χ1) is 15.4. The Hall–Kier alpha value is -2.80. The first kappa shape index (κ1) is 21.1. The molecule has 32 heavy (non-hydrogen) atoms. The Morgan fingerprint density at radius 1 is 1.12 bits per heavy atom. The van der Waals surface area contributed by atoms with Gasteiger partial charge in [-0.3, -0.25) is 4.79 Å². The SMILES string of the molecule is CN1CCC(CC(=O)N[C@H]2C[C@H](c3c(-c4ccc(F)cc4)[nH]c4c(F)cc(F)cc43)C2)C1. The number of nitrogens with zero attached hydrogens (tertiary/aromatic N) is 1. The molecule has 1 aliphatic heterocycles. The average molecular weight is 441 g/mol. The second kappa shape index (κ2) is 8.28. The molecule has 1 unspecified atom stereocenters. The number of amides is 1. The van der Waals surface area contributed by atoms with Gasteiger partial charge in [0.15, 0.2) is 0 Å². The molecule has 5 rings (SSSR count). The van der Waals surface area contributed by atoms with Gasteiger partial charge in [-0.05, 0) is 86.1 Å². The summed E-state index contributed by atoms with van der Waals surface area (Å²) in [6.07, 6.45) is 2.99. The van der Waals surface area contributed by atoms with E-state index in [0.29, 0.717) is 36.3 Å². The zero-order valence-corrected chi connectivity index (χ0v) is 17.9. The number of fused-ring (bicyclic) bond motifs is 1. The van der Waals surface area contributed by atoms with Gasteiger partial charge in [-0.25, -0.2) is 13.2 Å². The number of nitrogens with one attached hydrogen (secondary N) is 2. The van der Waals surface area contributed by atoms with E-state index in [4.69, 9.17) is 0 Å². The second-order valence-corrected chi connectivity index (χ2v) is 9.28. The van der Waals surface area contributed by atoms with Gasteiger partial charge >= 0.3 is 0 Å². The highest BCUT2D eigenvalue weighted by molar-refractivity contribution is 5.92. The van der Waals surface area contributed by atoms with Crippen molar-refractivity contribution in [3.8, 4) is 11.3 Å². The van der Waals surface area contributed by atoms with Crippen molar-refractivity contribution in [1.29, 1.82) is 0 Å². The summed E-state index contributed by atoms with van der Waals surface area (Å²) in [5.74, 6) is -1.12. The summed E-state index contributed by atoms with van der Waals surface area (Å²) in [7, 11) is 2.07. The van der Waals surface area contributed by atoms with Gasteiger partial charge in [0.2, 0.25) is 5.91 Å². The molecule has 2 aliphatic rings. The first-order valence-corrected chi connectivity index (χ1v) is 11.1. The quantitative estimate of drug-likeness (QED) is 0.588. The van der Waals surface area contributed by atoms with Gasteiger partial charge in [0, 0.05) is 30.5 Å². The molecule has 0 spiro atoms. The number of hydrogen-bond donors (Lipinski definition) is 2. The molecule has 1 aromatic heterocycles. The Morgan fingerprint density at radius 3 is 2.56 bits per heavy atom. The Labute approximate surface area is 184 Å². The lowest BCUT2D eigenvalue weighted by Gasteiger charge is -2.36. The van der Waals surface area contributed by atoms with E-state index in [9.17, 15) is 18.0 Å². The van der Waals surface area contributed by atoms with Crippen LogP contribution in [0.5, 0.6) is 0 Å². The third-order valence-corrected chi connectivity index (χ3v) is 6.87. The normalized spacial score (nSPS) is 23.4. The number of rotatable bonds is 5. The van der Waals surface area contributed by atoms with Crippen LogP contribution in [-0.2, 0) is 4.79 Å². The highest BCUT2D eigenvalue weighted by Crippen LogP contribution is 2.45. The van der Waals surface area contributed by atoms with Crippen molar-refractivity contribution in [2.75, 3.05) is 20.1 Å². The minimum atomic E-state index is -0.652. The fourth-order valence-corrected chi connectivity index (χ4v) is 5.22. The van der Waals surface area contributed by atoms with E-state index in [1.54, 1.807) is 12.1 Å². The molecule has 1 aliphatic carbocycles. The molecule has 0 bridgehead atoms. The fraction of sp³-hybridized carbons (Fsp3) is 0.400. The number of H-pyrrole nitrogens is 1. The number of benzene rings is 2. The van der Waals surface area contributed by atoms with E-state index in [1.165, 1.54) is 18.2 Å². The van der Waals surface area contributed by atoms with E-state index in [2.05, 4.69) is 22.2 Å². The van der Waals surface area contributed by atoms with Crippen LogP contribution in [0.15, 0.2) is 36.4 Å². The Bertz CT molecular complexity index is 1150. The fourth-order valence-electron chi connectivity index (χ4n) is 5.22. The van der Waals surface area contributed by atoms with E-state index in [-0.39, 0.29) is 29.2 Å². The minimum Gasteiger partial charge on any atom is -0.353 e. The Balaban J connectivity index is 1.36. The van der Waals surface area contributed by atoms with Crippen molar-refractivity contribution >= 4 is 16.8 Å². The summed E-state index contributed by atoms with van der Waals surface area (Å²) in [4.78, 5) is 17.8. The number of hydrogen-bond acceptors (Lipinski definition) is 2. The highest BCUT2D eigenvalue weighted by Gasteiger charge is 2.36. The lowest BCUT2D eigenvalue weighted by atomic mass is 9.74. The zero-order chi connectivity index (χ0) is 22.4. The summed E-state index contributed by atoms with van der Waals surface area (Å²) in [6, 6.07) is 8.23. The molecule has 0 radical (unpaired) electrons. The summed E-state index contributed by atoms with van der Waals surface area (Å²) in [5.41, 5.74) is 2.47. The van der Waals surface area contributed by atoms with Crippen LogP contribution in [0, 0.1) is 23.4 Å². The lowest BCUT2D eigenvalue weighted by molar-refractivity contribution is -0.123. The predicted molar refractivity (Wildman–Crippen MR) is 118 cm³/mol. The van der Waals surface area contributed by atoms with Gasteiger partial charge < -0.3 is 15.2 Å². The minimum absolute atomic E-state index is 0.0490. The monoisotopic (exact) mass is 441 g/mol. The molecule has 1 saturated heterocycles. The molecule has 3 aromatic rings. The number of carbonyl (C=O) groups is 1. The van der Waals surface area contributed by atoms with Crippen LogP contribution in [0.4, 0.5) is 13.2 Å². The van der Waals surface area contributed by atoms with Crippen LogP contribution in [0.2, 0.25) is 0 Å². The van der Waals surface area contributed by atoms with Crippen LogP contribution < -0.4 is 5.32 Å². The van der Waals surface area contributed by atoms with Crippen molar-refractivity contribution in [2.24, 2.45) is 5.92 Å². The van der Waals surface area contributed by atoms with Crippen molar-refractivity contribution < 1.29 is 18.0 Å². The molecule has 2 aromatic carbocycles. The molecular weight excluding hydrogens is 415 g/mol. The third-order valence-electron chi connectivity index (χ3n) is 6.87. The molecular formula is C25H26F3N3O. The highest BCUT2D eigenvalue weighted by atomic mass is 19.1. The van der Waals surface area contributed by atoms with Gasteiger partial charge in [-0.15, -0.1) is 0 Å². The van der Waals surface area contributed by atoms with Crippen LogP contribution in [0.1, 0.15) is 37.2 Å². The lowest BCUT2D eigenvalue weighted by Crippen LogP contribution is -2.44. The third kappa shape index (κ3) is 4.01. The molecule has 1 saturated carbocycles. The van der Waals surface area contributed by atoms with Crippen LogP contribution in [-0.4, -0.2) is 42.0 Å². The number of likely N-dealkylation sites (tertiary alicyclic amines) is 1. The van der Waals surface area contributed by atoms with Gasteiger partial charge in [-0.1, -0.05) is 0 Å². The molecule has 4 nitrogen and oxygen atoms in total. The average Bonchev–Trinajstić information content (AvgIpc) is 3.28. The van der Waals surface area contributed by atoms with Gasteiger partial charge in [0.1, 0.15) is 17.5 Å². The van der Waals surface area contributed by atoms with Crippen molar-refractivity contribution in [1.82, 2.24) is 15.2 Å². The van der Waals surface area contributed by atoms with Gasteiger partial charge in [-0.2, -0.15) is 0 Å². The summed E-state index contributed by atoms with van der Waals surface area (Å²) in [6.45, 7) is 1.98. The predicted octanol–water partition coefficient (Wildman–Crippen LogP) is 4.96. The molecule has 168 valence electrons. The largest absolute Gasteiger partial charge is 0.353 e. The Morgan fingerprint density at radius 2 is 1.88 bits per heavy atom. The van der Waals surface area contributed by atoms with E-state index >= 15 is 0 Å². The topological polar surface area (TPSA) is 48.1 Å². The van der Waals surface area contributed by atoms with Crippen LogP contribution in [0.3, 0.4) is 0 Å². The Kier molecular flexibility index (Phi) is 5.45. The maximum absolute atomic E-state index is 14.5. The molecule has 2 N–H and O–H groups in total. The van der Waals surface area contributed by atoms with Gasteiger partial charge in [0.25, 0.3) is 0 Å². The first-order valence-electron chi connectivity index (χ1n) is 11.1. The standard InChI is InChI=1S/C25H26F3N3O/c1-31-7-6-14(13-31)8-22(32)29-19-9-16(10-19)23-20-11-18(27)12-21(28)25(20)30-24(23)15-2-4-17(26)5-3-15/h2-5,11-12,14,16,19,30H,6-10,13H2,1H3,(H,29,32)/t14?,16-,19-. The van der Waals surface area contributed by atoms with Crippen molar-refractivity contribution in [3.63, 3.8) is 0 Å². The molecule has 2 heterocycles. The number of halogens is 3. The van der Waals surface area contributed by atoms with Gasteiger partial charge in [0.05, 0.1) is 11.2 Å². The molecule has 7 heteroatoms. The summed E-state index contributed by atoms with van der Waals surface area (Å²) >= 11 is 0. The summed E-state index contributed by atoms with van der Waals surface area (Å²) in [5, 5.41) is 3.63. The zero-order valence-electron chi connectivity index (χ0n) is 17.9. The molecule has 1 amide bonds. The van der Waals surface area contributed by atoms with E-state index in [1.807, 2.05) is 0 Å². The maximum atomic E-state index is 14.5. The van der Waals surface area contributed by atoms with E-state index in [0.717, 1.165) is 36.7 Å². The molecule has 2 fully saturated rings. The van der Waals surface area contributed by atoms with Crippen molar-refractivity contribution in [3.05, 3.63) is 59.4 Å². The van der Waals surface area contributed by atoms with Crippen molar-refractivity contribution in [2.45, 2.75) is 37.6 Å². The van der Waals surface area contributed by atoms with Crippen LogP contribution >= 0.6 is 0 Å². The maximum Gasteiger partial charge on any atom is 0.220 e. The van der Waals surface area contributed by atoms with Crippen LogP contribution in [0.25, 0.3) is 22.2 Å². The number of carbonyl (C=O) groups excluding carboxylic acids is 1.